The van der Waals surface area contributed by atoms with Crippen molar-refractivity contribution in [3.63, 3.8) is 0 Å². The number of allylic oxidation sites excluding steroid dienone is 1. The molecule has 0 atom stereocenters. The number of ether oxygens (including phenoxy) is 8. The van der Waals surface area contributed by atoms with Crippen LogP contribution in [-0.2, 0) is 141 Å². The van der Waals surface area contributed by atoms with Gasteiger partial charge in [-0.2, -0.15) is 0 Å². The first-order valence-corrected chi connectivity index (χ1v) is 33.8. The van der Waals surface area contributed by atoms with Gasteiger partial charge in [0.25, 0.3) is 0 Å². The quantitative estimate of drug-likeness (QED) is 0.0428. The van der Waals surface area contributed by atoms with E-state index in [9.17, 15) is 9.59 Å². The molecule has 9 rings (SSSR count). The number of carbonyl (C=O) groups excluding carboxylic acids is 3. The molecule has 9 aromatic carbocycles. The van der Waals surface area contributed by atoms with Crippen LogP contribution in [-0.4, -0.2) is 79.0 Å². The normalized spacial score (nSPS) is 9.84. The number of rotatable bonds is 19. The van der Waals surface area contributed by atoms with Gasteiger partial charge in [0, 0.05) is 132 Å². The van der Waals surface area contributed by atoms with Crippen LogP contribution >= 0.6 is 15.2 Å². The summed E-state index contributed by atoms with van der Waals surface area (Å²) in [6, 6.07) is 83.2. The number of aryl methyl sites for hydroxylation is 2. The molecule has 0 saturated heterocycles. The smallest absolute Gasteiger partial charge is 0.227 e. The van der Waals surface area contributed by atoms with Crippen molar-refractivity contribution in [1.29, 1.82) is 0 Å². The van der Waals surface area contributed by atoms with Gasteiger partial charge in [-0.25, -0.2) is 0 Å². The Hall–Kier alpha value is -5.83. The van der Waals surface area contributed by atoms with Gasteiger partial charge >= 0.3 is 0 Å². The molecule has 0 spiro atoms. The maximum absolute atomic E-state index is 9.90. The minimum atomic E-state index is -1.85. The topological polar surface area (TPSA) is 173 Å². The Morgan fingerprint density at radius 2 is 0.646 bits per heavy atom. The van der Waals surface area contributed by atoms with Gasteiger partial charge in [-0.15, -0.1) is 0 Å². The largest absolute Gasteiger partial charge is 0.632 e. The molecule has 0 aliphatic rings. The van der Waals surface area contributed by atoms with E-state index in [1.807, 2.05) is 42.5 Å². The van der Waals surface area contributed by atoms with Gasteiger partial charge in [-0.05, 0) is 168 Å². The molecule has 2 radical (unpaired) electrons. The van der Waals surface area contributed by atoms with Crippen LogP contribution in [0.5, 0.6) is 34.5 Å². The number of nitrogens with one attached hydrogen (secondary N) is 2. The van der Waals surface area contributed by atoms with Crippen LogP contribution in [0.15, 0.2) is 243 Å². The van der Waals surface area contributed by atoms with E-state index in [1.54, 1.807) is 90.3 Å². The Bertz CT molecular complexity index is 3300. The summed E-state index contributed by atoms with van der Waals surface area (Å²) >= 11 is 0. The Morgan fingerprint density at radius 1 is 0.414 bits per heavy atom. The summed E-state index contributed by atoms with van der Waals surface area (Å²) in [5.41, 5.74) is 15.3. The standard InChI is InChI=1S/C28H28O2P.C18H15P.C11H16O2.C11H13O2.2C5H11NO2.CHO.CH3.2W.2Y/c1-29-24-20-23(21-25(22-24)30-2)18-19-31(26-12-6-3-7-13-26,27-14-8-4-9-15-27)28-16-10-5-11-17-28;1-4-10-16(11-5-1)19(17-12-6-2-7-13-17)18-14-8-3-9-15-18;2*1-4-5-9-6-10(12-2)8-11(7-9)13-3;2*1-5(2,3)8-4(6)7;1-2;;;;;/h3-17,20-22H,18-19H2,1-2H3;1-15H;6-8H,4-5H2,1-3H3;1,4,6-8H,5H2,2-3H3;2*1-3H3,(H2,6,7);1H;1H3;;;;/q+1;;;-1;;;2*-1;;;;/p-2. The first kappa shape index (κ1) is 97.4. The average molecular weight is 1870 g/mol. The summed E-state index contributed by atoms with van der Waals surface area (Å²) in [4.78, 5) is 27.6. The van der Waals surface area contributed by atoms with E-state index in [0.29, 0.717) is 6.42 Å². The fourth-order valence-electron chi connectivity index (χ4n) is 9.34. The van der Waals surface area contributed by atoms with Crippen LogP contribution in [0.4, 0.5) is 9.59 Å². The zero-order chi connectivity index (χ0) is 69.4. The van der Waals surface area contributed by atoms with E-state index in [4.69, 9.17) is 51.3 Å². The summed E-state index contributed by atoms with van der Waals surface area (Å²) in [5.74, 6) is 4.97. The van der Waals surface area contributed by atoms with Gasteiger partial charge < -0.3 is 68.2 Å². The van der Waals surface area contributed by atoms with Gasteiger partial charge in [0.15, 0.2) is 0 Å². The zero-order valence-electron chi connectivity index (χ0n) is 59.6. The summed E-state index contributed by atoms with van der Waals surface area (Å²) in [7, 11) is 7.71. The molecule has 19 heteroatoms. The van der Waals surface area contributed by atoms with Crippen LogP contribution < -0.4 is 60.2 Å². The molecule has 0 aromatic heterocycles. The van der Waals surface area contributed by atoms with Gasteiger partial charge in [-0.3, -0.25) is 22.5 Å². The van der Waals surface area contributed by atoms with E-state index in [-0.39, 0.29) is 115 Å². The first-order valence-electron chi connectivity index (χ1n) is 30.5. The Balaban J connectivity index is -0.00000118. The molecular formula is C80H96N2O11P2W2Y2-4. The van der Waals surface area contributed by atoms with Crippen molar-refractivity contribution in [2.75, 3.05) is 48.8 Å². The fraction of sp³-hybridized carbons (Fsp3) is 0.250. The number of methoxy groups -OCH3 is 6. The van der Waals surface area contributed by atoms with Gasteiger partial charge in [0.05, 0.1) is 48.8 Å². The molecular weight excluding hydrogens is 1770 g/mol. The van der Waals surface area contributed by atoms with Crippen molar-refractivity contribution in [3.05, 3.63) is 285 Å². The van der Waals surface area contributed by atoms with Crippen LogP contribution in [0, 0.1) is 14.0 Å². The fourth-order valence-corrected chi connectivity index (χ4v) is 16.0. The van der Waals surface area contributed by atoms with Crippen LogP contribution in [0.3, 0.4) is 0 Å². The van der Waals surface area contributed by atoms with E-state index >= 15 is 0 Å². The molecule has 0 heterocycles. The third-order valence-electron chi connectivity index (χ3n) is 13.3. The van der Waals surface area contributed by atoms with Crippen molar-refractivity contribution in [2.24, 2.45) is 0 Å². The van der Waals surface area contributed by atoms with Gasteiger partial charge in [0.2, 0.25) is 12.2 Å². The van der Waals surface area contributed by atoms with E-state index in [2.05, 4.69) is 217 Å². The Morgan fingerprint density at radius 3 is 0.848 bits per heavy atom. The molecule has 0 aliphatic carbocycles. The van der Waals surface area contributed by atoms with Crippen molar-refractivity contribution in [1.82, 2.24) is 0 Å². The van der Waals surface area contributed by atoms with Crippen molar-refractivity contribution in [2.45, 2.75) is 85.4 Å². The summed E-state index contributed by atoms with van der Waals surface area (Å²) in [6.45, 7) is 21.1. The second kappa shape index (κ2) is 53.9. The Kier molecular flexibility index (Phi) is 53.1. The first-order chi connectivity index (χ1) is 45.1. The predicted octanol–water partition coefficient (Wildman–Crippen LogP) is 17.7. The number of carbonyl (C=O) groups is 2. The SMILES string of the molecule is CC(C)(C)OC([NH-])=O.CC(C)(C)OC([NH-])=O.CCCc1cc(OC)cc(OC)c1.COc1cc(CC[P+](c2ccccc2)(c2ccccc2)c2ccccc2)cc(OC)c1.[CH-]=CCc1cc(OC)cc(OC)c1.[CH-]=O.[CH3-].[W].[W].[Y].[Y].c1ccc(P(c2ccccc2)c2ccccc2)cc1. The third kappa shape index (κ3) is 37.1. The van der Waals surface area contributed by atoms with Crippen molar-refractivity contribution < 1.29 is 160 Å². The molecule has 99 heavy (non-hydrogen) atoms. The van der Waals surface area contributed by atoms with Crippen molar-refractivity contribution in [3.8, 4) is 34.5 Å². The zero-order valence-corrected chi connectivity index (χ0v) is 73.0. The number of benzene rings is 9. The molecule has 0 unspecified atom stereocenters. The molecule has 0 fully saturated rings. The van der Waals surface area contributed by atoms with Crippen LogP contribution in [0.2, 0.25) is 0 Å². The monoisotopic (exact) mass is 1870 g/mol. The molecule has 0 aliphatic heterocycles. The van der Waals surface area contributed by atoms with E-state index in [1.165, 1.54) is 43.0 Å². The minimum Gasteiger partial charge on any atom is -0.632 e. The van der Waals surface area contributed by atoms with Crippen LogP contribution in [0.1, 0.15) is 71.6 Å². The summed E-state index contributed by atoms with van der Waals surface area (Å²) < 4.78 is 40.5. The maximum atomic E-state index is 9.90. The summed E-state index contributed by atoms with van der Waals surface area (Å²) in [6.07, 6.45) is 4.53. The van der Waals surface area contributed by atoms with Crippen molar-refractivity contribution >= 4 is 66.0 Å². The molecule has 524 valence electrons. The van der Waals surface area contributed by atoms with Gasteiger partial charge in [-0.1, -0.05) is 159 Å². The third-order valence-corrected chi connectivity index (χ3v) is 20.2. The maximum Gasteiger partial charge on any atom is 0.227 e. The minimum absolute atomic E-state index is 0. The second-order valence-corrected chi connectivity index (χ2v) is 28.3. The molecule has 0 saturated carbocycles. The molecule has 13 nitrogen and oxygen atoms in total. The molecule has 2 amide bonds. The molecule has 0 bridgehead atoms. The summed E-state index contributed by atoms with van der Waals surface area (Å²) in [5, 5.41) is 8.41. The number of hydrogen-bond acceptors (Lipinski definition) is 11. The second-order valence-electron chi connectivity index (χ2n) is 22.5. The van der Waals surface area contributed by atoms with E-state index in [0.717, 1.165) is 65.5 Å². The predicted molar refractivity (Wildman–Crippen MR) is 398 cm³/mol. The molecule has 9 aromatic rings. The van der Waals surface area contributed by atoms with E-state index < -0.39 is 38.6 Å². The number of hydrogen-bond donors (Lipinski definition) is 0. The number of amides is 2. The van der Waals surface area contributed by atoms with Gasteiger partial charge in [0.1, 0.15) is 68.9 Å². The Labute approximate surface area is 672 Å². The average Bonchev–Trinajstić information content (AvgIpc) is 0.759. The van der Waals surface area contributed by atoms with Crippen LogP contribution in [0.25, 0.3) is 11.5 Å². The molecule has 2 N–H and O–H groups in total.